The number of rotatable bonds is 7. The fraction of sp³-hybridized carbons (Fsp3) is 0.323. The molecule has 4 aromatic rings. The maximum absolute atomic E-state index is 12.8. The van der Waals surface area contributed by atoms with Gasteiger partial charge in [0.2, 0.25) is 17.7 Å². The maximum Gasteiger partial charge on any atom is 0.407 e. The van der Waals surface area contributed by atoms with Crippen LogP contribution in [0.5, 0.6) is 11.6 Å². The third-order valence-corrected chi connectivity index (χ3v) is 7.93. The number of nitrogens with one attached hydrogen (secondary N) is 2. The lowest BCUT2D eigenvalue weighted by Gasteiger charge is -2.31. The fourth-order valence-electron chi connectivity index (χ4n) is 5.16. The standard InChI is InChI=1S/C31H32N6O4/c1-19-10-11-21-22(7-3-9-24(21)35-28(38)31(2)13-14-31)26(19)41-27-23(8-4-15-32-27)25-12-16-33-29(36-25)34-20-6-5-17-37(18-20)30(39)40/h3-4,7-12,15-16,20H,5-6,13-14,17-18H2,1-2H3,(H,35,38)(H,39,40)(H,33,34,36). The van der Waals surface area contributed by atoms with Crippen LogP contribution in [-0.4, -0.2) is 56.1 Å². The van der Waals surface area contributed by atoms with Crippen LogP contribution >= 0.6 is 0 Å². The Balaban J connectivity index is 1.29. The van der Waals surface area contributed by atoms with Crippen LogP contribution in [0.3, 0.4) is 0 Å². The highest BCUT2D eigenvalue weighted by Crippen LogP contribution is 2.46. The Hall–Kier alpha value is -4.73. The Labute approximate surface area is 237 Å². The van der Waals surface area contributed by atoms with E-state index < -0.39 is 6.09 Å². The number of carboxylic acid groups (broad SMARTS) is 1. The highest BCUT2D eigenvalue weighted by molar-refractivity contribution is 6.06. The van der Waals surface area contributed by atoms with Crippen LogP contribution in [0.25, 0.3) is 22.0 Å². The molecule has 1 aliphatic heterocycles. The monoisotopic (exact) mass is 552 g/mol. The molecule has 10 nitrogen and oxygen atoms in total. The molecule has 2 aromatic carbocycles. The molecule has 1 saturated heterocycles. The Morgan fingerprint density at radius 3 is 2.71 bits per heavy atom. The van der Waals surface area contributed by atoms with Gasteiger partial charge in [0.05, 0.1) is 11.3 Å². The Bertz CT molecular complexity index is 1640. The van der Waals surface area contributed by atoms with Crippen LogP contribution in [0.15, 0.2) is 60.9 Å². The minimum Gasteiger partial charge on any atom is -0.465 e. The van der Waals surface area contributed by atoms with Crippen LogP contribution in [0, 0.1) is 12.3 Å². The lowest BCUT2D eigenvalue weighted by Crippen LogP contribution is -2.44. The summed E-state index contributed by atoms with van der Waals surface area (Å²) in [5.41, 5.74) is 2.71. The highest BCUT2D eigenvalue weighted by Gasteiger charge is 2.45. The van der Waals surface area contributed by atoms with E-state index in [0.717, 1.165) is 47.7 Å². The van der Waals surface area contributed by atoms with Crippen molar-refractivity contribution in [3.05, 3.63) is 66.5 Å². The van der Waals surface area contributed by atoms with Crippen molar-refractivity contribution in [2.45, 2.75) is 45.6 Å². The van der Waals surface area contributed by atoms with Crippen LogP contribution < -0.4 is 15.4 Å². The first-order chi connectivity index (χ1) is 19.8. The number of hydrogen-bond donors (Lipinski definition) is 3. The number of pyridine rings is 1. The van der Waals surface area contributed by atoms with Gasteiger partial charge in [0.1, 0.15) is 5.75 Å². The summed E-state index contributed by atoms with van der Waals surface area (Å²) in [6, 6.07) is 15.2. The summed E-state index contributed by atoms with van der Waals surface area (Å²) < 4.78 is 6.50. The normalized spacial score (nSPS) is 17.6. The van der Waals surface area contributed by atoms with Crippen molar-refractivity contribution in [3.63, 3.8) is 0 Å². The second kappa shape index (κ2) is 10.7. The lowest BCUT2D eigenvalue weighted by atomic mass is 10.0. The lowest BCUT2D eigenvalue weighted by molar-refractivity contribution is -0.120. The molecule has 2 aliphatic rings. The molecule has 2 fully saturated rings. The maximum atomic E-state index is 12.8. The molecule has 0 spiro atoms. The summed E-state index contributed by atoms with van der Waals surface area (Å²) in [6.07, 6.45) is 5.84. The summed E-state index contributed by atoms with van der Waals surface area (Å²) in [5.74, 6) is 1.50. The molecule has 1 unspecified atom stereocenters. The molecule has 6 rings (SSSR count). The predicted octanol–water partition coefficient (Wildman–Crippen LogP) is 6.09. The number of piperidine rings is 1. The molecule has 210 valence electrons. The third kappa shape index (κ3) is 5.50. The highest BCUT2D eigenvalue weighted by atomic mass is 16.5. The first-order valence-corrected chi connectivity index (χ1v) is 13.9. The third-order valence-electron chi connectivity index (χ3n) is 7.93. The Kier molecular flexibility index (Phi) is 6.90. The molecule has 2 amide bonds. The van der Waals surface area contributed by atoms with Gasteiger partial charge in [-0.1, -0.05) is 31.2 Å². The van der Waals surface area contributed by atoms with E-state index in [0.29, 0.717) is 41.9 Å². The summed E-state index contributed by atoms with van der Waals surface area (Å²) in [6.45, 7) is 4.88. The number of fused-ring (bicyclic) bond motifs is 1. The second-order valence-electron chi connectivity index (χ2n) is 11.1. The number of benzene rings is 2. The van der Waals surface area contributed by atoms with Crippen molar-refractivity contribution >= 4 is 34.4 Å². The van der Waals surface area contributed by atoms with Crippen LogP contribution in [-0.2, 0) is 4.79 Å². The van der Waals surface area contributed by atoms with E-state index in [1.54, 1.807) is 18.5 Å². The number of aryl methyl sites for hydroxylation is 1. The number of hydrogen-bond acceptors (Lipinski definition) is 7. The van der Waals surface area contributed by atoms with Gasteiger partial charge in [0, 0.05) is 53.4 Å². The van der Waals surface area contributed by atoms with Gasteiger partial charge in [-0.3, -0.25) is 4.79 Å². The zero-order valence-electron chi connectivity index (χ0n) is 23.1. The smallest absolute Gasteiger partial charge is 0.407 e. The van der Waals surface area contributed by atoms with E-state index in [-0.39, 0.29) is 17.4 Å². The van der Waals surface area contributed by atoms with Crippen LogP contribution in [0.2, 0.25) is 0 Å². The molecule has 41 heavy (non-hydrogen) atoms. The zero-order valence-corrected chi connectivity index (χ0v) is 23.1. The predicted molar refractivity (Wildman–Crippen MR) is 156 cm³/mol. The molecule has 1 saturated carbocycles. The summed E-state index contributed by atoms with van der Waals surface area (Å²) >= 11 is 0. The van der Waals surface area contributed by atoms with Crippen molar-refractivity contribution in [3.8, 4) is 22.9 Å². The number of amides is 2. The van der Waals surface area contributed by atoms with Gasteiger partial charge >= 0.3 is 6.09 Å². The van der Waals surface area contributed by atoms with Crippen LogP contribution in [0.1, 0.15) is 38.2 Å². The van der Waals surface area contributed by atoms with Crippen molar-refractivity contribution in [1.29, 1.82) is 0 Å². The SMILES string of the molecule is Cc1ccc2c(NC(=O)C3(C)CC3)cccc2c1Oc1ncccc1-c1ccnc(NC2CCCN(C(=O)O)C2)n1. The molecule has 0 radical (unpaired) electrons. The molecule has 3 N–H and O–H groups in total. The van der Waals surface area contributed by atoms with E-state index in [9.17, 15) is 14.7 Å². The number of ether oxygens (including phenoxy) is 1. The number of carbonyl (C=O) groups excluding carboxylic acids is 1. The summed E-state index contributed by atoms with van der Waals surface area (Å²) in [5, 5.41) is 17.5. The molecule has 0 bridgehead atoms. The van der Waals surface area contributed by atoms with E-state index >= 15 is 0 Å². The summed E-state index contributed by atoms with van der Waals surface area (Å²) in [4.78, 5) is 39.2. The fourth-order valence-corrected chi connectivity index (χ4v) is 5.16. The number of nitrogens with zero attached hydrogens (tertiary/aromatic N) is 4. The molecule has 1 aliphatic carbocycles. The van der Waals surface area contributed by atoms with Crippen molar-refractivity contribution in [1.82, 2.24) is 19.9 Å². The molecule has 2 aromatic heterocycles. The minimum absolute atomic E-state index is 0.0390. The van der Waals surface area contributed by atoms with Crippen molar-refractivity contribution in [2.24, 2.45) is 5.41 Å². The molecular formula is C31H32N6O4. The number of aromatic nitrogens is 3. The summed E-state index contributed by atoms with van der Waals surface area (Å²) in [7, 11) is 0. The average Bonchev–Trinajstić information content (AvgIpc) is 3.74. The van der Waals surface area contributed by atoms with E-state index in [1.165, 1.54) is 4.90 Å². The zero-order chi connectivity index (χ0) is 28.6. The van der Waals surface area contributed by atoms with E-state index in [4.69, 9.17) is 9.72 Å². The first-order valence-electron chi connectivity index (χ1n) is 13.9. The Morgan fingerprint density at radius 1 is 1.05 bits per heavy atom. The number of carbonyl (C=O) groups is 2. The molecule has 1 atom stereocenters. The van der Waals surface area contributed by atoms with Crippen molar-refractivity contribution < 1.29 is 19.4 Å². The largest absolute Gasteiger partial charge is 0.465 e. The topological polar surface area (TPSA) is 130 Å². The van der Waals surface area contributed by atoms with E-state index in [2.05, 4.69) is 20.6 Å². The van der Waals surface area contributed by atoms with Gasteiger partial charge in [-0.25, -0.2) is 19.7 Å². The average molecular weight is 553 g/mol. The molecule has 3 heterocycles. The van der Waals surface area contributed by atoms with Gasteiger partial charge in [-0.2, -0.15) is 0 Å². The van der Waals surface area contributed by atoms with Crippen LogP contribution in [0.4, 0.5) is 16.4 Å². The molecular weight excluding hydrogens is 520 g/mol. The van der Waals surface area contributed by atoms with Gasteiger partial charge in [0.15, 0.2) is 0 Å². The second-order valence-corrected chi connectivity index (χ2v) is 11.1. The Morgan fingerprint density at radius 2 is 1.90 bits per heavy atom. The number of likely N-dealkylation sites (tertiary alicyclic amines) is 1. The van der Waals surface area contributed by atoms with Gasteiger partial charge in [0.25, 0.3) is 0 Å². The quantitative estimate of drug-likeness (QED) is 0.251. The van der Waals surface area contributed by atoms with Gasteiger partial charge in [-0.15, -0.1) is 0 Å². The van der Waals surface area contributed by atoms with Crippen molar-refractivity contribution in [2.75, 3.05) is 23.7 Å². The molecule has 10 heteroatoms. The minimum atomic E-state index is -0.918. The number of anilines is 2. The van der Waals surface area contributed by atoms with E-state index in [1.807, 2.05) is 56.3 Å². The van der Waals surface area contributed by atoms with Gasteiger partial charge in [-0.05, 0) is 62.4 Å². The first kappa shape index (κ1) is 26.5. The van der Waals surface area contributed by atoms with Gasteiger partial charge < -0.3 is 25.4 Å².